The van der Waals surface area contributed by atoms with Gasteiger partial charge in [0.05, 0.1) is 5.69 Å². The van der Waals surface area contributed by atoms with Gasteiger partial charge >= 0.3 is 0 Å². The summed E-state index contributed by atoms with van der Waals surface area (Å²) in [5.41, 5.74) is 1.24. The van der Waals surface area contributed by atoms with Crippen LogP contribution in [0.25, 0.3) is 16.9 Å². The Morgan fingerprint density at radius 3 is 2.68 bits per heavy atom. The van der Waals surface area contributed by atoms with Crippen LogP contribution in [0.2, 0.25) is 0 Å². The fourth-order valence-corrected chi connectivity index (χ4v) is 4.24. The molecule has 0 aliphatic carbocycles. The Hall–Kier alpha value is -2.32. The van der Waals surface area contributed by atoms with E-state index in [0.29, 0.717) is 23.4 Å². The van der Waals surface area contributed by atoms with Crippen LogP contribution in [-0.4, -0.2) is 57.0 Å². The minimum Gasteiger partial charge on any atom is -0.337 e. The molecule has 2 aromatic heterocycles. The number of benzene rings is 1. The number of rotatable bonds is 4. The Kier molecular flexibility index (Phi) is 4.40. The molecule has 2 fully saturated rings. The van der Waals surface area contributed by atoms with Crippen molar-refractivity contribution in [2.75, 3.05) is 26.2 Å². The molecule has 0 atom stereocenters. The fraction of sp³-hybridized carbons (Fsp3) is 0.550. The van der Waals surface area contributed by atoms with E-state index in [1.54, 1.807) is 6.07 Å². The van der Waals surface area contributed by atoms with E-state index in [0.717, 1.165) is 50.1 Å². The van der Waals surface area contributed by atoms with Crippen LogP contribution in [0, 0.1) is 5.82 Å². The second-order valence-corrected chi connectivity index (χ2v) is 8.14. The number of nitrogens with one attached hydrogen (secondary N) is 1. The zero-order valence-electron chi connectivity index (χ0n) is 16.2. The Bertz CT molecular complexity index is 984. The Labute approximate surface area is 162 Å². The first-order chi connectivity index (χ1) is 13.6. The number of hydrogen-bond donors (Lipinski definition) is 1. The average Bonchev–Trinajstić information content (AvgIpc) is 3.26. The Morgan fingerprint density at radius 2 is 2.00 bits per heavy atom. The van der Waals surface area contributed by atoms with Crippen molar-refractivity contribution in [3.8, 4) is 5.95 Å². The fourth-order valence-electron chi connectivity index (χ4n) is 4.24. The molecule has 1 N–H and O–H groups in total. The molecule has 28 heavy (non-hydrogen) atoms. The van der Waals surface area contributed by atoms with Gasteiger partial charge in [0.15, 0.2) is 0 Å². The smallest absolute Gasteiger partial charge is 0.291 e. The van der Waals surface area contributed by atoms with Gasteiger partial charge in [-0.05, 0) is 43.1 Å². The molecule has 2 saturated heterocycles. The van der Waals surface area contributed by atoms with E-state index in [1.807, 2.05) is 19.9 Å². The number of likely N-dealkylation sites (tertiary alicyclic amines) is 1. The number of piperidine rings is 1. The van der Waals surface area contributed by atoms with Gasteiger partial charge < -0.3 is 9.84 Å². The second kappa shape index (κ2) is 6.93. The third kappa shape index (κ3) is 2.91. The van der Waals surface area contributed by atoms with Gasteiger partial charge in [-0.15, -0.1) is 0 Å². The lowest BCUT2D eigenvalue weighted by Gasteiger charge is -2.41. The monoisotopic (exact) mass is 384 g/mol. The molecule has 2 aliphatic heterocycles. The lowest BCUT2D eigenvalue weighted by molar-refractivity contribution is 0.107. The lowest BCUT2D eigenvalue weighted by atomic mass is 9.94. The topological polar surface area (TPSA) is 72.0 Å². The molecule has 0 radical (unpaired) electrons. The summed E-state index contributed by atoms with van der Waals surface area (Å²) in [6.45, 7) is 8.36. The van der Waals surface area contributed by atoms with Crippen LogP contribution in [0.4, 0.5) is 4.39 Å². The number of nitrogens with zero attached hydrogens (tertiary/aromatic N) is 5. The van der Waals surface area contributed by atoms with Crippen molar-refractivity contribution in [1.29, 1.82) is 0 Å². The molecule has 0 saturated carbocycles. The van der Waals surface area contributed by atoms with Crippen molar-refractivity contribution in [3.05, 3.63) is 35.6 Å². The van der Waals surface area contributed by atoms with Gasteiger partial charge in [0.25, 0.3) is 5.95 Å². The van der Waals surface area contributed by atoms with Crippen LogP contribution in [0.3, 0.4) is 0 Å². The van der Waals surface area contributed by atoms with E-state index >= 15 is 0 Å². The maximum Gasteiger partial charge on any atom is 0.291 e. The summed E-state index contributed by atoms with van der Waals surface area (Å²) in [4.78, 5) is 7.13. The van der Waals surface area contributed by atoms with Crippen LogP contribution < -0.4 is 5.32 Å². The maximum absolute atomic E-state index is 14.6. The lowest BCUT2D eigenvalue weighted by Crippen LogP contribution is -2.58. The summed E-state index contributed by atoms with van der Waals surface area (Å²) in [6.07, 6.45) is 2.01. The molecule has 4 heterocycles. The molecule has 2 aliphatic rings. The number of halogens is 1. The number of fused-ring (bicyclic) bond motifs is 1. The van der Waals surface area contributed by atoms with Gasteiger partial charge in [0, 0.05) is 30.4 Å². The van der Waals surface area contributed by atoms with Gasteiger partial charge in [-0.3, -0.25) is 4.90 Å². The van der Waals surface area contributed by atoms with Crippen molar-refractivity contribution in [2.24, 2.45) is 0 Å². The largest absolute Gasteiger partial charge is 0.337 e. The Balaban J connectivity index is 1.42. The van der Waals surface area contributed by atoms with Crippen molar-refractivity contribution in [2.45, 2.75) is 44.6 Å². The molecule has 0 spiro atoms. The second-order valence-electron chi connectivity index (χ2n) is 8.14. The first-order valence-electron chi connectivity index (χ1n) is 10.1. The molecule has 148 valence electrons. The predicted octanol–water partition coefficient (Wildman–Crippen LogP) is 2.82. The molecule has 8 heteroatoms. The first-order valence-corrected chi connectivity index (χ1v) is 10.1. The van der Waals surface area contributed by atoms with Gasteiger partial charge in [-0.25, -0.2) is 4.39 Å². The summed E-state index contributed by atoms with van der Waals surface area (Å²) < 4.78 is 21.6. The highest BCUT2D eigenvalue weighted by atomic mass is 19.1. The first kappa shape index (κ1) is 17.8. The third-order valence-corrected chi connectivity index (χ3v) is 6.00. The minimum absolute atomic E-state index is 0.169. The molecular weight excluding hydrogens is 359 g/mol. The van der Waals surface area contributed by atoms with Gasteiger partial charge in [-0.1, -0.05) is 26.0 Å². The van der Waals surface area contributed by atoms with Crippen molar-refractivity contribution < 1.29 is 8.91 Å². The van der Waals surface area contributed by atoms with Gasteiger partial charge in [0.2, 0.25) is 5.89 Å². The molecule has 0 bridgehead atoms. The highest BCUT2D eigenvalue weighted by Crippen LogP contribution is 2.31. The van der Waals surface area contributed by atoms with Crippen molar-refractivity contribution >= 4 is 10.9 Å². The zero-order chi connectivity index (χ0) is 19.3. The van der Waals surface area contributed by atoms with Gasteiger partial charge in [-0.2, -0.15) is 14.8 Å². The summed E-state index contributed by atoms with van der Waals surface area (Å²) in [6, 6.07) is 5.72. The summed E-state index contributed by atoms with van der Waals surface area (Å²) in [5.74, 6) is 1.03. The number of hydrogen-bond acceptors (Lipinski definition) is 6. The summed E-state index contributed by atoms with van der Waals surface area (Å²) >= 11 is 0. The van der Waals surface area contributed by atoms with Crippen LogP contribution in [0.5, 0.6) is 0 Å². The van der Waals surface area contributed by atoms with E-state index in [1.165, 1.54) is 10.7 Å². The van der Waals surface area contributed by atoms with Crippen LogP contribution in [0.1, 0.15) is 50.1 Å². The van der Waals surface area contributed by atoms with Gasteiger partial charge in [0.1, 0.15) is 11.3 Å². The van der Waals surface area contributed by atoms with Crippen molar-refractivity contribution in [1.82, 2.24) is 30.1 Å². The SMILES string of the molecule is CC(C)c1nn(-c2noc(C3CCN(C4CNC4)CC3)n2)c2c(F)cccc12. The van der Waals surface area contributed by atoms with E-state index < -0.39 is 0 Å². The normalized spacial score (nSPS) is 19.6. The molecule has 0 unspecified atom stereocenters. The van der Waals surface area contributed by atoms with E-state index in [-0.39, 0.29) is 17.7 Å². The summed E-state index contributed by atoms with van der Waals surface area (Å²) in [5, 5.41) is 12.9. The molecule has 3 aromatic rings. The predicted molar refractivity (Wildman–Crippen MR) is 103 cm³/mol. The molecule has 5 rings (SSSR count). The zero-order valence-corrected chi connectivity index (χ0v) is 16.2. The molecule has 7 nitrogen and oxygen atoms in total. The van der Waals surface area contributed by atoms with E-state index in [9.17, 15) is 4.39 Å². The Morgan fingerprint density at radius 1 is 1.21 bits per heavy atom. The highest BCUT2D eigenvalue weighted by Gasteiger charge is 2.31. The number of para-hydroxylation sites is 1. The number of aromatic nitrogens is 4. The molecule has 1 aromatic carbocycles. The maximum atomic E-state index is 14.6. The van der Waals surface area contributed by atoms with Crippen LogP contribution in [-0.2, 0) is 0 Å². The minimum atomic E-state index is -0.328. The highest BCUT2D eigenvalue weighted by molar-refractivity contribution is 5.84. The standard InChI is InChI=1S/C20H25FN6O/c1-12(2)17-15-4-3-5-16(21)18(15)27(24-17)20-23-19(28-25-20)13-6-8-26(9-7-13)14-10-22-11-14/h3-5,12-14,22H,6-11H2,1-2H3. The van der Waals surface area contributed by atoms with Crippen molar-refractivity contribution in [3.63, 3.8) is 0 Å². The average molecular weight is 384 g/mol. The van der Waals surface area contributed by atoms with E-state index in [4.69, 9.17) is 4.52 Å². The van der Waals surface area contributed by atoms with Crippen LogP contribution >= 0.6 is 0 Å². The summed E-state index contributed by atoms with van der Waals surface area (Å²) in [7, 11) is 0. The van der Waals surface area contributed by atoms with Crippen LogP contribution in [0.15, 0.2) is 22.7 Å². The third-order valence-electron chi connectivity index (χ3n) is 6.00. The molecular formula is C20H25FN6O. The van der Waals surface area contributed by atoms with E-state index in [2.05, 4.69) is 25.5 Å². The quantitative estimate of drug-likeness (QED) is 0.746. The molecule has 0 amide bonds.